The van der Waals surface area contributed by atoms with Gasteiger partial charge in [0.2, 0.25) is 23.6 Å². The number of carbonyl (C=O) groups excluding carboxylic acids is 4. The molecule has 0 aliphatic heterocycles. The highest BCUT2D eigenvalue weighted by Gasteiger charge is 2.19. The zero-order chi connectivity index (χ0) is 20.7. The van der Waals surface area contributed by atoms with Gasteiger partial charge in [-0.05, 0) is 26.0 Å². The Morgan fingerprint density at radius 1 is 1.07 bits per heavy atom. The zero-order valence-electron chi connectivity index (χ0n) is 15.8. The molecule has 0 unspecified atom stereocenters. The Labute approximate surface area is 161 Å². The number of rotatable bonds is 9. The normalized spacial score (nSPS) is 12.8. The fourth-order valence-corrected chi connectivity index (χ4v) is 2.45. The van der Waals surface area contributed by atoms with Crippen molar-refractivity contribution in [2.24, 2.45) is 5.73 Å². The first kappa shape index (κ1) is 20.9. The van der Waals surface area contributed by atoms with E-state index in [9.17, 15) is 19.2 Å². The van der Waals surface area contributed by atoms with Crippen LogP contribution in [0.25, 0.3) is 11.0 Å². The quantitative estimate of drug-likeness (QED) is 0.436. The minimum Gasteiger partial charge on any atom is -0.368 e. The van der Waals surface area contributed by atoms with Crippen molar-refractivity contribution in [2.75, 3.05) is 6.54 Å². The van der Waals surface area contributed by atoms with Crippen molar-refractivity contribution < 1.29 is 19.2 Å². The summed E-state index contributed by atoms with van der Waals surface area (Å²) in [6, 6.07) is 5.87. The van der Waals surface area contributed by atoms with Gasteiger partial charge in [-0.25, -0.2) is 4.98 Å². The lowest BCUT2D eigenvalue weighted by molar-refractivity contribution is -0.131. The molecule has 1 aromatic heterocycles. The van der Waals surface area contributed by atoms with Gasteiger partial charge in [-0.2, -0.15) is 0 Å². The Balaban J connectivity index is 1.72. The van der Waals surface area contributed by atoms with E-state index in [0.717, 1.165) is 11.0 Å². The summed E-state index contributed by atoms with van der Waals surface area (Å²) in [4.78, 5) is 50.9. The molecule has 10 heteroatoms. The maximum absolute atomic E-state index is 12.0. The number of fused-ring (bicyclic) bond motifs is 1. The minimum absolute atomic E-state index is 0.180. The predicted octanol–water partition coefficient (Wildman–Crippen LogP) is -0.963. The second-order valence-corrected chi connectivity index (χ2v) is 6.38. The third-order valence-corrected chi connectivity index (χ3v) is 4.11. The minimum atomic E-state index is -0.872. The highest BCUT2D eigenvalue weighted by Crippen LogP contribution is 2.11. The first-order chi connectivity index (χ1) is 13.3. The lowest BCUT2D eigenvalue weighted by Crippen LogP contribution is -2.52. The fraction of sp³-hybridized carbons (Fsp3) is 0.389. The molecule has 0 radical (unpaired) electrons. The van der Waals surface area contributed by atoms with Crippen LogP contribution in [0.5, 0.6) is 0 Å². The highest BCUT2D eigenvalue weighted by molar-refractivity contribution is 5.92. The molecule has 0 aliphatic rings. The third-order valence-electron chi connectivity index (χ3n) is 4.11. The molecule has 2 rings (SSSR count). The molecular formula is C18H24N6O4. The lowest BCUT2D eigenvalue weighted by atomic mass is 10.2. The van der Waals surface area contributed by atoms with Crippen LogP contribution in [0.15, 0.2) is 30.6 Å². The van der Waals surface area contributed by atoms with Crippen molar-refractivity contribution in [3.63, 3.8) is 0 Å². The topological polar surface area (TPSA) is 148 Å². The number of nitrogens with two attached hydrogens (primary N) is 1. The number of para-hydroxylation sites is 2. The van der Waals surface area contributed by atoms with Crippen molar-refractivity contribution in [3.8, 4) is 0 Å². The second-order valence-electron chi connectivity index (χ2n) is 6.38. The average molecular weight is 388 g/mol. The van der Waals surface area contributed by atoms with Gasteiger partial charge >= 0.3 is 0 Å². The number of aryl methyl sites for hydroxylation is 1. The summed E-state index contributed by atoms with van der Waals surface area (Å²) in [5.41, 5.74) is 6.84. The number of hydrogen-bond acceptors (Lipinski definition) is 5. The summed E-state index contributed by atoms with van der Waals surface area (Å²) in [5.74, 6) is -2.04. The Kier molecular flexibility index (Phi) is 7.08. The van der Waals surface area contributed by atoms with Crippen LogP contribution in [0, 0.1) is 0 Å². The molecule has 0 saturated heterocycles. The van der Waals surface area contributed by atoms with Gasteiger partial charge in [-0.3, -0.25) is 19.2 Å². The number of carbonyl (C=O) groups is 4. The van der Waals surface area contributed by atoms with E-state index in [4.69, 9.17) is 5.73 Å². The molecule has 10 nitrogen and oxygen atoms in total. The van der Waals surface area contributed by atoms with Gasteiger partial charge in [0, 0.05) is 13.0 Å². The molecule has 1 heterocycles. The van der Waals surface area contributed by atoms with E-state index < -0.39 is 29.8 Å². The number of aromatic nitrogens is 2. The fourth-order valence-electron chi connectivity index (χ4n) is 2.45. The molecule has 0 bridgehead atoms. The van der Waals surface area contributed by atoms with Gasteiger partial charge in [0.05, 0.1) is 23.9 Å². The first-order valence-corrected chi connectivity index (χ1v) is 8.83. The summed E-state index contributed by atoms with van der Waals surface area (Å²) in [6.45, 7) is 3.08. The molecule has 2 atom stereocenters. The van der Waals surface area contributed by atoms with Gasteiger partial charge in [0.15, 0.2) is 0 Å². The molecule has 0 saturated carbocycles. The Hall–Kier alpha value is -3.43. The van der Waals surface area contributed by atoms with Crippen molar-refractivity contribution in [1.29, 1.82) is 0 Å². The van der Waals surface area contributed by atoms with Gasteiger partial charge < -0.3 is 26.3 Å². The number of primary amides is 1. The molecule has 0 aliphatic carbocycles. The summed E-state index contributed by atoms with van der Waals surface area (Å²) < 4.78 is 1.86. The summed E-state index contributed by atoms with van der Waals surface area (Å²) in [6.07, 6.45) is 1.85. The summed E-state index contributed by atoms with van der Waals surface area (Å²) in [7, 11) is 0. The number of nitrogens with one attached hydrogen (secondary N) is 3. The van der Waals surface area contributed by atoms with E-state index in [1.807, 2.05) is 28.8 Å². The number of imidazole rings is 1. The van der Waals surface area contributed by atoms with Crippen LogP contribution in [-0.4, -0.2) is 51.8 Å². The molecule has 2 aromatic rings. The van der Waals surface area contributed by atoms with Gasteiger partial charge in [0.25, 0.3) is 0 Å². The Morgan fingerprint density at radius 2 is 1.79 bits per heavy atom. The Morgan fingerprint density at radius 3 is 2.50 bits per heavy atom. The standard InChI is InChI=1S/C18H24N6O4/c1-11(17(19)27)23-18(28)12(2)22-16(26)9-20-15(25)7-8-24-10-21-13-5-3-4-6-14(13)24/h3-6,10-12H,7-9H2,1-2H3,(H2,19,27)(H,20,25)(H,22,26)(H,23,28)/t11-,12-/m0/s1. The van der Waals surface area contributed by atoms with Crippen molar-refractivity contribution in [2.45, 2.75) is 38.9 Å². The van der Waals surface area contributed by atoms with Crippen LogP contribution in [0.2, 0.25) is 0 Å². The average Bonchev–Trinajstić information content (AvgIpc) is 3.07. The van der Waals surface area contributed by atoms with Crippen molar-refractivity contribution >= 4 is 34.7 Å². The van der Waals surface area contributed by atoms with E-state index in [1.165, 1.54) is 13.8 Å². The maximum Gasteiger partial charge on any atom is 0.242 e. The SMILES string of the molecule is C[C@H](NC(=O)[C@H](C)NC(=O)CNC(=O)CCn1cnc2ccccc21)C(N)=O. The molecule has 0 fully saturated rings. The van der Waals surface area contributed by atoms with E-state index in [-0.39, 0.29) is 18.9 Å². The van der Waals surface area contributed by atoms with Crippen molar-refractivity contribution in [3.05, 3.63) is 30.6 Å². The smallest absolute Gasteiger partial charge is 0.242 e. The number of nitrogens with zero attached hydrogens (tertiary/aromatic N) is 2. The first-order valence-electron chi connectivity index (χ1n) is 8.83. The summed E-state index contributed by atoms with van der Waals surface area (Å²) >= 11 is 0. The third kappa shape index (κ3) is 5.79. The highest BCUT2D eigenvalue weighted by atomic mass is 16.2. The molecule has 28 heavy (non-hydrogen) atoms. The van der Waals surface area contributed by atoms with Crippen LogP contribution in [0.3, 0.4) is 0 Å². The van der Waals surface area contributed by atoms with Crippen LogP contribution < -0.4 is 21.7 Å². The number of hydrogen-bond donors (Lipinski definition) is 4. The van der Waals surface area contributed by atoms with E-state index in [0.29, 0.717) is 6.54 Å². The van der Waals surface area contributed by atoms with Gasteiger partial charge in [0.1, 0.15) is 12.1 Å². The molecule has 0 spiro atoms. The molecular weight excluding hydrogens is 364 g/mol. The molecule has 1 aromatic carbocycles. The summed E-state index contributed by atoms with van der Waals surface area (Å²) in [5, 5.41) is 7.32. The van der Waals surface area contributed by atoms with Gasteiger partial charge in [-0.15, -0.1) is 0 Å². The Bertz CT molecular complexity index is 878. The largest absolute Gasteiger partial charge is 0.368 e. The van der Waals surface area contributed by atoms with Crippen LogP contribution in [-0.2, 0) is 25.7 Å². The van der Waals surface area contributed by atoms with E-state index >= 15 is 0 Å². The molecule has 4 amide bonds. The van der Waals surface area contributed by atoms with Crippen LogP contribution >= 0.6 is 0 Å². The number of amides is 4. The van der Waals surface area contributed by atoms with Gasteiger partial charge in [-0.1, -0.05) is 12.1 Å². The number of benzene rings is 1. The van der Waals surface area contributed by atoms with E-state index in [1.54, 1.807) is 6.33 Å². The zero-order valence-corrected chi connectivity index (χ0v) is 15.8. The monoisotopic (exact) mass is 388 g/mol. The lowest BCUT2D eigenvalue weighted by Gasteiger charge is -2.16. The second kappa shape index (κ2) is 9.49. The molecule has 150 valence electrons. The van der Waals surface area contributed by atoms with E-state index in [2.05, 4.69) is 20.9 Å². The van der Waals surface area contributed by atoms with Crippen LogP contribution in [0.1, 0.15) is 20.3 Å². The molecule has 5 N–H and O–H groups in total. The van der Waals surface area contributed by atoms with Crippen LogP contribution in [0.4, 0.5) is 0 Å². The maximum atomic E-state index is 12.0. The predicted molar refractivity (Wildman–Crippen MR) is 102 cm³/mol. The van der Waals surface area contributed by atoms with Crippen molar-refractivity contribution in [1.82, 2.24) is 25.5 Å².